The Morgan fingerprint density at radius 3 is 2.72 bits per heavy atom. The van der Waals surface area contributed by atoms with Gasteiger partial charge in [-0.2, -0.15) is 0 Å². The van der Waals surface area contributed by atoms with E-state index in [1.807, 2.05) is 0 Å². The van der Waals surface area contributed by atoms with Gasteiger partial charge in [0.1, 0.15) is 5.75 Å². The van der Waals surface area contributed by atoms with Crippen molar-refractivity contribution in [3.63, 3.8) is 0 Å². The van der Waals surface area contributed by atoms with Crippen molar-refractivity contribution in [2.75, 3.05) is 26.1 Å². The minimum Gasteiger partial charge on any atom is -0.495 e. The number of esters is 1. The van der Waals surface area contributed by atoms with Gasteiger partial charge in [0, 0.05) is 5.02 Å². The minimum atomic E-state index is -1.62. The van der Waals surface area contributed by atoms with Crippen molar-refractivity contribution in [2.24, 2.45) is 0 Å². The highest BCUT2D eigenvalue weighted by Crippen LogP contribution is 2.28. The van der Waals surface area contributed by atoms with E-state index in [-0.39, 0.29) is 6.54 Å². The van der Waals surface area contributed by atoms with Gasteiger partial charge in [-0.3, -0.25) is 0 Å². The highest BCUT2D eigenvalue weighted by Gasteiger charge is 2.31. The third-order valence-corrected chi connectivity index (χ3v) is 2.64. The Balaban J connectivity index is 2.80. The molecule has 6 heteroatoms. The molecule has 1 aromatic carbocycles. The summed E-state index contributed by atoms with van der Waals surface area (Å²) in [6.45, 7) is 1.35. The molecule has 0 saturated heterocycles. The molecule has 1 atom stereocenters. The van der Waals surface area contributed by atoms with Crippen LogP contribution < -0.4 is 10.1 Å². The van der Waals surface area contributed by atoms with Crippen molar-refractivity contribution < 1.29 is 19.4 Å². The third-order valence-electron chi connectivity index (χ3n) is 2.41. The predicted molar refractivity (Wildman–Crippen MR) is 69.1 cm³/mol. The average molecular weight is 274 g/mol. The summed E-state index contributed by atoms with van der Waals surface area (Å²) in [5.74, 6) is -0.143. The molecular formula is C12H16ClNO4. The molecule has 0 spiro atoms. The predicted octanol–water partition coefficient (Wildman–Crippen LogP) is 1.68. The standard InChI is InChI=1S/C12H16ClNO4/c1-12(16,11(15)18-3)7-14-9-6-8(13)4-5-10(9)17-2/h4-6,14,16H,7H2,1-3H3. The summed E-state index contributed by atoms with van der Waals surface area (Å²) in [6, 6.07) is 5.02. The fraction of sp³-hybridized carbons (Fsp3) is 0.417. The first-order valence-electron chi connectivity index (χ1n) is 5.29. The summed E-state index contributed by atoms with van der Waals surface area (Å²) in [7, 11) is 2.74. The molecule has 0 aliphatic heterocycles. The summed E-state index contributed by atoms with van der Waals surface area (Å²) < 4.78 is 9.63. The van der Waals surface area contributed by atoms with E-state index >= 15 is 0 Å². The number of anilines is 1. The Hall–Kier alpha value is -1.46. The minimum absolute atomic E-state index is 0.0175. The fourth-order valence-electron chi connectivity index (χ4n) is 1.38. The van der Waals surface area contributed by atoms with Crippen LogP contribution in [0.5, 0.6) is 5.75 Å². The van der Waals surface area contributed by atoms with Crippen molar-refractivity contribution in [1.82, 2.24) is 0 Å². The lowest BCUT2D eigenvalue weighted by atomic mass is 10.1. The Morgan fingerprint density at radius 2 is 2.17 bits per heavy atom. The van der Waals surface area contributed by atoms with Gasteiger partial charge in [-0.15, -0.1) is 0 Å². The van der Waals surface area contributed by atoms with Gasteiger partial charge < -0.3 is 19.9 Å². The molecule has 18 heavy (non-hydrogen) atoms. The van der Waals surface area contributed by atoms with Gasteiger partial charge in [0.15, 0.2) is 5.60 Å². The molecule has 0 heterocycles. The lowest BCUT2D eigenvalue weighted by molar-refractivity contribution is -0.158. The molecule has 100 valence electrons. The second-order valence-electron chi connectivity index (χ2n) is 3.96. The third kappa shape index (κ3) is 3.51. The number of rotatable bonds is 5. The molecule has 0 bridgehead atoms. The largest absolute Gasteiger partial charge is 0.495 e. The van der Waals surface area contributed by atoms with Crippen LogP contribution in [-0.4, -0.2) is 37.4 Å². The zero-order valence-electron chi connectivity index (χ0n) is 10.5. The molecule has 0 aromatic heterocycles. The van der Waals surface area contributed by atoms with Crippen molar-refractivity contribution >= 4 is 23.3 Å². The normalized spacial score (nSPS) is 13.6. The van der Waals surface area contributed by atoms with Gasteiger partial charge >= 0.3 is 5.97 Å². The molecule has 0 aliphatic rings. The number of halogens is 1. The Labute approximate surface area is 111 Å². The van der Waals surface area contributed by atoms with Crippen LogP contribution in [0.2, 0.25) is 5.02 Å². The number of nitrogens with one attached hydrogen (secondary N) is 1. The maximum absolute atomic E-state index is 11.3. The number of hydrogen-bond acceptors (Lipinski definition) is 5. The van der Waals surface area contributed by atoms with E-state index in [2.05, 4.69) is 10.1 Å². The van der Waals surface area contributed by atoms with Crippen LogP contribution in [0.25, 0.3) is 0 Å². The molecule has 1 unspecified atom stereocenters. The topological polar surface area (TPSA) is 67.8 Å². The highest BCUT2D eigenvalue weighted by molar-refractivity contribution is 6.30. The number of hydrogen-bond donors (Lipinski definition) is 2. The molecule has 2 N–H and O–H groups in total. The number of methoxy groups -OCH3 is 2. The van der Waals surface area contributed by atoms with E-state index in [9.17, 15) is 9.90 Å². The number of aliphatic hydroxyl groups is 1. The molecule has 0 radical (unpaired) electrons. The monoisotopic (exact) mass is 273 g/mol. The van der Waals surface area contributed by atoms with E-state index in [1.165, 1.54) is 21.1 Å². The summed E-state index contributed by atoms with van der Waals surface area (Å²) in [4.78, 5) is 11.3. The van der Waals surface area contributed by atoms with Gasteiger partial charge in [0.2, 0.25) is 0 Å². The van der Waals surface area contributed by atoms with E-state index in [1.54, 1.807) is 18.2 Å². The van der Waals surface area contributed by atoms with Gasteiger partial charge in [0.05, 0.1) is 26.5 Å². The molecule has 0 saturated carbocycles. The summed E-state index contributed by atoms with van der Waals surface area (Å²) in [6.07, 6.45) is 0. The van der Waals surface area contributed by atoms with Gasteiger partial charge in [0.25, 0.3) is 0 Å². The van der Waals surface area contributed by atoms with Crippen LogP contribution >= 0.6 is 11.6 Å². The summed E-state index contributed by atoms with van der Waals surface area (Å²) >= 11 is 5.86. The van der Waals surface area contributed by atoms with E-state index in [0.717, 1.165) is 0 Å². The zero-order chi connectivity index (χ0) is 13.8. The fourth-order valence-corrected chi connectivity index (χ4v) is 1.55. The van der Waals surface area contributed by atoms with Gasteiger partial charge in [-0.25, -0.2) is 4.79 Å². The van der Waals surface area contributed by atoms with Crippen molar-refractivity contribution in [2.45, 2.75) is 12.5 Å². The Bertz CT molecular complexity index is 434. The maximum atomic E-state index is 11.3. The second-order valence-corrected chi connectivity index (χ2v) is 4.40. The van der Waals surface area contributed by atoms with Crippen LogP contribution in [0.4, 0.5) is 5.69 Å². The first kappa shape index (κ1) is 14.6. The van der Waals surface area contributed by atoms with Crippen LogP contribution in [0.3, 0.4) is 0 Å². The summed E-state index contributed by atoms with van der Waals surface area (Å²) in [5, 5.41) is 13.3. The SMILES string of the molecule is COC(=O)C(C)(O)CNc1cc(Cl)ccc1OC. The van der Waals surface area contributed by atoms with Gasteiger partial charge in [-0.05, 0) is 25.1 Å². The van der Waals surface area contributed by atoms with Gasteiger partial charge in [-0.1, -0.05) is 11.6 Å². The summed E-state index contributed by atoms with van der Waals surface area (Å²) in [5.41, 5.74) is -1.03. The lowest BCUT2D eigenvalue weighted by Crippen LogP contribution is -2.42. The van der Waals surface area contributed by atoms with Crippen LogP contribution in [-0.2, 0) is 9.53 Å². The quantitative estimate of drug-likeness (QED) is 0.799. The maximum Gasteiger partial charge on any atom is 0.339 e. The van der Waals surface area contributed by atoms with Crippen molar-refractivity contribution in [3.8, 4) is 5.75 Å². The van der Waals surface area contributed by atoms with E-state index in [0.29, 0.717) is 16.5 Å². The molecule has 0 aliphatic carbocycles. The molecule has 0 amide bonds. The number of carbonyl (C=O) groups is 1. The van der Waals surface area contributed by atoms with E-state index in [4.69, 9.17) is 16.3 Å². The highest BCUT2D eigenvalue weighted by atomic mass is 35.5. The average Bonchev–Trinajstić information content (AvgIpc) is 2.35. The smallest absolute Gasteiger partial charge is 0.339 e. The Kier molecular flexibility index (Phi) is 4.81. The van der Waals surface area contributed by atoms with Crippen molar-refractivity contribution in [3.05, 3.63) is 23.2 Å². The Morgan fingerprint density at radius 1 is 1.50 bits per heavy atom. The molecular weight excluding hydrogens is 258 g/mol. The molecule has 5 nitrogen and oxygen atoms in total. The van der Waals surface area contributed by atoms with Crippen molar-refractivity contribution in [1.29, 1.82) is 0 Å². The molecule has 0 fully saturated rings. The zero-order valence-corrected chi connectivity index (χ0v) is 11.2. The van der Waals surface area contributed by atoms with Crippen LogP contribution in [0.15, 0.2) is 18.2 Å². The molecule has 1 rings (SSSR count). The molecule has 1 aromatic rings. The number of ether oxygens (including phenoxy) is 2. The first-order chi connectivity index (χ1) is 8.40. The first-order valence-corrected chi connectivity index (χ1v) is 5.66. The van der Waals surface area contributed by atoms with E-state index < -0.39 is 11.6 Å². The van der Waals surface area contributed by atoms with Crippen LogP contribution in [0.1, 0.15) is 6.92 Å². The lowest BCUT2D eigenvalue weighted by Gasteiger charge is -2.22. The second kappa shape index (κ2) is 5.93. The van der Waals surface area contributed by atoms with Crippen LogP contribution in [0, 0.1) is 0 Å². The number of carbonyl (C=O) groups excluding carboxylic acids is 1. The number of benzene rings is 1.